The van der Waals surface area contributed by atoms with Gasteiger partial charge in [0.25, 0.3) is 0 Å². The molecule has 31 heavy (non-hydrogen) atoms. The molecule has 0 radical (unpaired) electrons. The van der Waals surface area contributed by atoms with Gasteiger partial charge in [0.2, 0.25) is 0 Å². The molecule has 2 aromatic rings. The van der Waals surface area contributed by atoms with Crippen molar-refractivity contribution in [2.24, 2.45) is 0 Å². The number of ether oxygens (including phenoxy) is 2. The second kappa shape index (κ2) is 12.3. The third kappa shape index (κ3) is 8.24. The van der Waals surface area contributed by atoms with Gasteiger partial charge in [-0.15, -0.1) is 0 Å². The van der Waals surface area contributed by atoms with Crippen LogP contribution in [0.4, 0.5) is 21.0 Å². The number of anilines is 2. The number of hydrogen-bond acceptors (Lipinski definition) is 4. The molecule has 0 saturated heterocycles. The predicted molar refractivity (Wildman–Crippen MR) is 126 cm³/mol. The Balaban J connectivity index is 0.000000311. The predicted octanol–water partition coefficient (Wildman–Crippen LogP) is 5.54. The molecule has 0 spiro atoms. The average Bonchev–Trinajstić information content (AvgIpc) is 2.68. The largest absolute Gasteiger partial charge is 0.495 e. The van der Waals surface area contributed by atoms with E-state index in [1.807, 2.05) is 0 Å². The molecule has 8 nitrogen and oxygen atoms in total. The molecule has 0 fully saturated rings. The van der Waals surface area contributed by atoms with Crippen molar-refractivity contribution in [2.75, 3.05) is 53.0 Å². The van der Waals surface area contributed by atoms with E-state index in [1.54, 1.807) is 65.6 Å². The first-order valence-corrected chi connectivity index (χ1v) is 9.96. The smallest absolute Gasteiger partial charge is 0.321 e. The molecule has 0 heterocycles. The van der Waals surface area contributed by atoms with Crippen LogP contribution in [0.25, 0.3) is 0 Å². The van der Waals surface area contributed by atoms with Gasteiger partial charge >= 0.3 is 12.1 Å². The van der Waals surface area contributed by atoms with Crippen molar-refractivity contribution in [1.82, 2.24) is 9.80 Å². The first kappa shape index (κ1) is 26.5. The van der Waals surface area contributed by atoms with Crippen LogP contribution in [0, 0.1) is 0 Å². The molecule has 2 N–H and O–H groups in total. The second-order valence-corrected chi connectivity index (χ2v) is 7.69. The molecule has 0 aliphatic carbocycles. The van der Waals surface area contributed by atoms with Gasteiger partial charge in [0.1, 0.15) is 5.75 Å². The standard InChI is InChI=1S/C10H12Cl2N2O2.C10H13ClN2O2/c1-14(2)10(15)13-6-4-7(11)9(16-3)8(12)5-6;1-13(2)10(14)12-7-4-5-9(15-3)8(11)6-7/h4-5H,1-3H3,(H,13,15);4-6H,1-3H3,(H,12,14). The first-order chi connectivity index (χ1) is 14.5. The Morgan fingerprint density at radius 3 is 1.58 bits per heavy atom. The number of urea groups is 2. The van der Waals surface area contributed by atoms with Crippen molar-refractivity contribution >= 4 is 58.2 Å². The Morgan fingerprint density at radius 1 is 0.742 bits per heavy atom. The molecule has 4 amide bonds. The lowest BCUT2D eigenvalue weighted by Crippen LogP contribution is -2.27. The molecule has 0 atom stereocenters. The zero-order valence-corrected chi connectivity index (χ0v) is 20.3. The van der Waals surface area contributed by atoms with Crippen molar-refractivity contribution in [2.45, 2.75) is 0 Å². The fourth-order valence-corrected chi connectivity index (χ4v) is 2.94. The Morgan fingerprint density at radius 2 is 1.19 bits per heavy atom. The molecule has 0 aliphatic heterocycles. The summed E-state index contributed by atoms with van der Waals surface area (Å²) in [5, 5.41) is 6.49. The number of hydrogen-bond donors (Lipinski definition) is 2. The molecule has 0 aromatic heterocycles. The summed E-state index contributed by atoms with van der Waals surface area (Å²) in [6.07, 6.45) is 0. The van der Waals surface area contributed by atoms with Crippen LogP contribution in [0.1, 0.15) is 0 Å². The number of benzene rings is 2. The number of carbonyl (C=O) groups excluding carboxylic acids is 2. The fourth-order valence-electron chi connectivity index (χ4n) is 2.04. The summed E-state index contributed by atoms with van der Waals surface area (Å²) < 4.78 is 9.99. The summed E-state index contributed by atoms with van der Waals surface area (Å²) in [6.45, 7) is 0. The number of nitrogens with zero attached hydrogens (tertiary/aromatic N) is 2. The topological polar surface area (TPSA) is 83.1 Å². The minimum absolute atomic E-state index is 0.198. The van der Waals surface area contributed by atoms with E-state index in [9.17, 15) is 9.59 Å². The lowest BCUT2D eigenvalue weighted by molar-refractivity contribution is 0.230. The molecule has 0 bridgehead atoms. The summed E-state index contributed by atoms with van der Waals surface area (Å²) in [4.78, 5) is 25.6. The van der Waals surface area contributed by atoms with Gasteiger partial charge in [-0.3, -0.25) is 0 Å². The van der Waals surface area contributed by atoms with E-state index >= 15 is 0 Å². The maximum atomic E-state index is 11.4. The third-order valence-electron chi connectivity index (χ3n) is 3.67. The number of methoxy groups -OCH3 is 2. The zero-order chi connectivity index (χ0) is 23.7. The zero-order valence-electron chi connectivity index (χ0n) is 18.0. The Kier molecular flexibility index (Phi) is 10.5. The van der Waals surface area contributed by atoms with Crippen molar-refractivity contribution in [1.29, 1.82) is 0 Å². The van der Waals surface area contributed by atoms with E-state index < -0.39 is 0 Å². The Bertz CT molecular complexity index is 900. The van der Waals surface area contributed by atoms with Gasteiger partial charge in [-0.25, -0.2) is 9.59 Å². The van der Waals surface area contributed by atoms with E-state index in [2.05, 4.69) is 10.6 Å². The van der Waals surface area contributed by atoms with E-state index in [0.29, 0.717) is 37.9 Å². The van der Waals surface area contributed by atoms with Crippen LogP contribution in [-0.4, -0.2) is 64.3 Å². The van der Waals surface area contributed by atoms with Gasteiger partial charge in [-0.05, 0) is 30.3 Å². The van der Waals surface area contributed by atoms with E-state index in [0.717, 1.165) is 0 Å². The van der Waals surface area contributed by atoms with E-state index in [1.165, 1.54) is 16.9 Å². The maximum absolute atomic E-state index is 11.4. The van der Waals surface area contributed by atoms with Gasteiger partial charge in [0, 0.05) is 39.6 Å². The van der Waals surface area contributed by atoms with Crippen molar-refractivity contribution in [3.63, 3.8) is 0 Å². The summed E-state index contributed by atoms with van der Waals surface area (Å²) >= 11 is 17.7. The number of carbonyl (C=O) groups is 2. The Hall–Kier alpha value is -2.55. The average molecular weight is 492 g/mol. The minimum Gasteiger partial charge on any atom is -0.495 e. The number of rotatable bonds is 4. The molecule has 2 aromatic carbocycles. The monoisotopic (exact) mass is 490 g/mol. The van der Waals surface area contributed by atoms with Crippen LogP contribution in [0.3, 0.4) is 0 Å². The normalized spacial score (nSPS) is 9.71. The van der Waals surface area contributed by atoms with Crippen molar-refractivity contribution < 1.29 is 19.1 Å². The first-order valence-electron chi connectivity index (χ1n) is 8.83. The van der Waals surface area contributed by atoms with Crippen LogP contribution in [-0.2, 0) is 0 Å². The highest BCUT2D eigenvalue weighted by atomic mass is 35.5. The number of nitrogens with one attached hydrogen (secondary N) is 2. The highest BCUT2D eigenvalue weighted by Crippen LogP contribution is 2.35. The van der Waals surface area contributed by atoms with Gasteiger partial charge in [0.15, 0.2) is 5.75 Å². The molecule has 11 heteroatoms. The molecule has 2 rings (SSSR count). The third-order valence-corrected chi connectivity index (χ3v) is 4.53. The maximum Gasteiger partial charge on any atom is 0.321 e. The molecule has 0 aliphatic rings. The lowest BCUT2D eigenvalue weighted by Gasteiger charge is -2.13. The van der Waals surface area contributed by atoms with Crippen LogP contribution in [0.2, 0.25) is 15.1 Å². The molecular formula is C20H25Cl3N4O4. The van der Waals surface area contributed by atoms with Crippen molar-refractivity contribution in [3.8, 4) is 11.5 Å². The van der Waals surface area contributed by atoms with Crippen LogP contribution >= 0.6 is 34.8 Å². The molecule has 0 saturated carbocycles. The quantitative estimate of drug-likeness (QED) is 0.588. The summed E-state index contributed by atoms with van der Waals surface area (Å²) in [6, 6.07) is 7.77. The van der Waals surface area contributed by atoms with E-state index in [4.69, 9.17) is 44.3 Å². The fraction of sp³-hybridized carbons (Fsp3) is 0.300. The van der Waals surface area contributed by atoms with Gasteiger partial charge in [0.05, 0.1) is 29.3 Å². The van der Waals surface area contributed by atoms with Crippen LogP contribution in [0.5, 0.6) is 11.5 Å². The summed E-state index contributed by atoms with van der Waals surface area (Å²) in [5.74, 6) is 0.978. The van der Waals surface area contributed by atoms with Crippen molar-refractivity contribution in [3.05, 3.63) is 45.4 Å². The SMILES string of the molecule is COc1c(Cl)cc(NC(=O)N(C)C)cc1Cl.COc1ccc(NC(=O)N(C)C)cc1Cl. The molecule has 0 unspecified atom stereocenters. The van der Waals surface area contributed by atoms with Gasteiger partial charge in [-0.2, -0.15) is 0 Å². The summed E-state index contributed by atoms with van der Waals surface area (Å²) in [5.41, 5.74) is 1.16. The summed E-state index contributed by atoms with van der Waals surface area (Å²) in [7, 11) is 9.63. The second-order valence-electron chi connectivity index (χ2n) is 6.47. The highest BCUT2D eigenvalue weighted by Gasteiger charge is 2.11. The van der Waals surface area contributed by atoms with Gasteiger partial charge < -0.3 is 29.9 Å². The minimum atomic E-state index is -0.252. The number of halogens is 3. The van der Waals surface area contributed by atoms with Gasteiger partial charge in [-0.1, -0.05) is 34.8 Å². The number of amides is 4. The highest BCUT2D eigenvalue weighted by molar-refractivity contribution is 6.37. The Labute approximate surface area is 196 Å². The van der Waals surface area contributed by atoms with Crippen LogP contribution in [0.15, 0.2) is 30.3 Å². The van der Waals surface area contributed by atoms with Crippen LogP contribution < -0.4 is 20.1 Å². The molecular weight excluding hydrogens is 467 g/mol. The van der Waals surface area contributed by atoms with E-state index in [-0.39, 0.29) is 12.1 Å². The lowest BCUT2D eigenvalue weighted by atomic mass is 10.3. The molecule has 170 valence electrons.